The molecule has 0 saturated heterocycles. The van der Waals surface area contributed by atoms with Gasteiger partial charge in [-0.1, -0.05) is 6.92 Å². The summed E-state index contributed by atoms with van der Waals surface area (Å²) in [6, 6.07) is 0. The molecule has 1 aliphatic carbocycles. The van der Waals surface area contributed by atoms with E-state index in [1.165, 1.54) is 12.8 Å². The molecule has 3 nitrogen and oxygen atoms in total. The number of rotatable bonds is 2. The maximum absolute atomic E-state index is 5.49. The zero-order chi connectivity index (χ0) is 8.55. The first-order valence-corrected chi connectivity index (χ1v) is 4.35. The summed E-state index contributed by atoms with van der Waals surface area (Å²) in [5.41, 5.74) is 6.13. The molecular formula is C9H13N3. The summed E-state index contributed by atoms with van der Waals surface area (Å²) in [6.45, 7) is 2.18. The number of nitrogen functional groups attached to an aromatic ring is 1. The third-order valence-corrected chi connectivity index (χ3v) is 2.43. The van der Waals surface area contributed by atoms with Gasteiger partial charge in [-0.2, -0.15) is 0 Å². The highest BCUT2D eigenvalue weighted by Gasteiger charge is 2.30. The second kappa shape index (κ2) is 2.73. The lowest BCUT2D eigenvalue weighted by atomic mass is 10.1. The molecule has 1 aromatic rings. The van der Waals surface area contributed by atoms with Crippen LogP contribution in [0, 0.1) is 5.92 Å². The van der Waals surface area contributed by atoms with E-state index in [1.54, 1.807) is 12.4 Å². The molecule has 64 valence electrons. The molecule has 12 heavy (non-hydrogen) atoms. The highest BCUT2D eigenvalue weighted by Crippen LogP contribution is 2.40. The van der Waals surface area contributed by atoms with Crippen molar-refractivity contribution in [1.82, 2.24) is 9.97 Å². The Morgan fingerprint density at radius 1 is 1.42 bits per heavy atom. The van der Waals surface area contributed by atoms with Crippen LogP contribution >= 0.6 is 0 Å². The normalized spacial score (nSPS) is 19.1. The molecule has 0 aliphatic heterocycles. The largest absolute Gasteiger partial charge is 0.396 e. The lowest BCUT2D eigenvalue weighted by Gasteiger charge is -2.06. The zero-order valence-corrected chi connectivity index (χ0v) is 7.20. The molecule has 0 bridgehead atoms. The van der Waals surface area contributed by atoms with Gasteiger partial charge >= 0.3 is 0 Å². The molecule has 1 saturated carbocycles. The predicted octanol–water partition coefficient (Wildman–Crippen LogP) is 1.57. The van der Waals surface area contributed by atoms with Crippen LogP contribution in [0.4, 0.5) is 5.69 Å². The van der Waals surface area contributed by atoms with Gasteiger partial charge in [0, 0.05) is 5.92 Å². The van der Waals surface area contributed by atoms with Crippen molar-refractivity contribution in [2.24, 2.45) is 5.92 Å². The van der Waals surface area contributed by atoms with Gasteiger partial charge in [-0.3, -0.25) is 0 Å². The van der Waals surface area contributed by atoms with Crippen LogP contribution in [0.2, 0.25) is 0 Å². The topological polar surface area (TPSA) is 51.8 Å². The molecule has 0 amide bonds. The lowest BCUT2D eigenvalue weighted by molar-refractivity contribution is 0.621. The van der Waals surface area contributed by atoms with Gasteiger partial charge in [0.15, 0.2) is 0 Å². The molecular weight excluding hydrogens is 150 g/mol. The van der Waals surface area contributed by atoms with Gasteiger partial charge < -0.3 is 5.73 Å². The summed E-state index contributed by atoms with van der Waals surface area (Å²) in [4.78, 5) is 8.41. The first-order chi connectivity index (χ1) is 5.77. The number of hydrogen-bond donors (Lipinski definition) is 1. The second-order valence-electron chi connectivity index (χ2n) is 3.50. The number of hydrogen-bond acceptors (Lipinski definition) is 3. The molecule has 0 spiro atoms. The maximum Gasteiger partial charge on any atom is 0.131 e. The van der Waals surface area contributed by atoms with Crippen LogP contribution in [0.1, 0.15) is 31.5 Å². The second-order valence-corrected chi connectivity index (χ2v) is 3.50. The van der Waals surface area contributed by atoms with E-state index in [9.17, 15) is 0 Å². The zero-order valence-electron chi connectivity index (χ0n) is 7.20. The molecule has 1 unspecified atom stereocenters. The minimum absolute atomic E-state index is 0.505. The van der Waals surface area contributed by atoms with E-state index in [4.69, 9.17) is 5.73 Å². The minimum Gasteiger partial charge on any atom is -0.396 e. The molecule has 1 aliphatic rings. The van der Waals surface area contributed by atoms with Gasteiger partial charge in [-0.15, -0.1) is 0 Å². The standard InChI is InChI=1S/C9H13N3/c1-6(7-2-3-7)9-11-4-8(10)5-12-9/h4-7H,2-3,10H2,1H3. The summed E-state index contributed by atoms with van der Waals surface area (Å²) in [6.07, 6.45) is 6.02. The Kier molecular flexibility index (Phi) is 1.71. The SMILES string of the molecule is CC(c1ncc(N)cn1)C1CC1. The Morgan fingerprint density at radius 3 is 2.50 bits per heavy atom. The van der Waals surface area contributed by atoms with Crippen molar-refractivity contribution in [2.75, 3.05) is 5.73 Å². The molecule has 3 heteroatoms. The van der Waals surface area contributed by atoms with E-state index in [0.717, 1.165) is 11.7 Å². The average Bonchev–Trinajstić information content (AvgIpc) is 2.87. The number of anilines is 1. The van der Waals surface area contributed by atoms with Crippen LogP contribution in [0.3, 0.4) is 0 Å². The van der Waals surface area contributed by atoms with Gasteiger partial charge in [-0.05, 0) is 18.8 Å². The van der Waals surface area contributed by atoms with Crippen LogP contribution in [0.25, 0.3) is 0 Å². The van der Waals surface area contributed by atoms with Crippen molar-refractivity contribution in [3.8, 4) is 0 Å². The van der Waals surface area contributed by atoms with E-state index < -0.39 is 0 Å². The van der Waals surface area contributed by atoms with Crippen LogP contribution in [-0.4, -0.2) is 9.97 Å². The van der Waals surface area contributed by atoms with E-state index in [0.29, 0.717) is 11.6 Å². The fraction of sp³-hybridized carbons (Fsp3) is 0.556. The van der Waals surface area contributed by atoms with Gasteiger partial charge in [-0.25, -0.2) is 9.97 Å². The monoisotopic (exact) mass is 163 g/mol. The summed E-state index contributed by atoms with van der Waals surface area (Å²) in [7, 11) is 0. The van der Waals surface area contributed by atoms with Crippen LogP contribution in [-0.2, 0) is 0 Å². The van der Waals surface area contributed by atoms with Crippen LogP contribution < -0.4 is 5.73 Å². The molecule has 1 fully saturated rings. The van der Waals surface area contributed by atoms with Crippen molar-refractivity contribution in [2.45, 2.75) is 25.7 Å². The van der Waals surface area contributed by atoms with Crippen molar-refractivity contribution in [3.63, 3.8) is 0 Å². The molecule has 2 rings (SSSR count). The van der Waals surface area contributed by atoms with Crippen LogP contribution in [0.5, 0.6) is 0 Å². The van der Waals surface area contributed by atoms with E-state index >= 15 is 0 Å². The molecule has 1 aromatic heterocycles. The Bertz CT molecular complexity index is 264. The van der Waals surface area contributed by atoms with E-state index in [-0.39, 0.29) is 0 Å². The first kappa shape index (κ1) is 7.53. The summed E-state index contributed by atoms with van der Waals surface area (Å²) < 4.78 is 0. The van der Waals surface area contributed by atoms with Crippen molar-refractivity contribution in [1.29, 1.82) is 0 Å². The van der Waals surface area contributed by atoms with Gasteiger partial charge in [0.05, 0.1) is 18.1 Å². The lowest BCUT2D eigenvalue weighted by Crippen LogP contribution is -2.02. The number of aromatic nitrogens is 2. The quantitative estimate of drug-likeness (QED) is 0.720. The number of nitrogens with two attached hydrogens (primary N) is 1. The summed E-state index contributed by atoms with van der Waals surface area (Å²) >= 11 is 0. The molecule has 0 aromatic carbocycles. The summed E-state index contributed by atoms with van der Waals surface area (Å²) in [5, 5.41) is 0. The number of nitrogens with zero attached hydrogens (tertiary/aromatic N) is 2. The van der Waals surface area contributed by atoms with Crippen molar-refractivity contribution < 1.29 is 0 Å². The Hall–Kier alpha value is -1.12. The molecule has 2 N–H and O–H groups in total. The highest BCUT2D eigenvalue weighted by molar-refractivity contribution is 5.30. The van der Waals surface area contributed by atoms with Crippen molar-refractivity contribution >= 4 is 5.69 Å². The van der Waals surface area contributed by atoms with Crippen molar-refractivity contribution in [3.05, 3.63) is 18.2 Å². The first-order valence-electron chi connectivity index (χ1n) is 4.35. The fourth-order valence-corrected chi connectivity index (χ4v) is 1.39. The minimum atomic E-state index is 0.505. The summed E-state index contributed by atoms with van der Waals surface area (Å²) in [5.74, 6) is 2.26. The third kappa shape index (κ3) is 1.40. The van der Waals surface area contributed by atoms with Gasteiger partial charge in [0.1, 0.15) is 5.82 Å². The van der Waals surface area contributed by atoms with Gasteiger partial charge in [0.25, 0.3) is 0 Å². The van der Waals surface area contributed by atoms with Crippen LogP contribution in [0.15, 0.2) is 12.4 Å². The smallest absolute Gasteiger partial charge is 0.131 e. The average molecular weight is 163 g/mol. The third-order valence-electron chi connectivity index (χ3n) is 2.43. The molecule has 0 radical (unpaired) electrons. The fourth-order valence-electron chi connectivity index (χ4n) is 1.39. The van der Waals surface area contributed by atoms with E-state index in [2.05, 4.69) is 16.9 Å². The molecule has 1 atom stereocenters. The Balaban J connectivity index is 2.16. The maximum atomic E-state index is 5.49. The van der Waals surface area contributed by atoms with E-state index in [1.807, 2.05) is 0 Å². The molecule has 1 heterocycles. The van der Waals surface area contributed by atoms with Gasteiger partial charge in [0.2, 0.25) is 0 Å². The predicted molar refractivity (Wildman–Crippen MR) is 47.6 cm³/mol. The Labute approximate surface area is 72.0 Å². The Morgan fingerprint density at radius 2 is 2.00 bits per heavy atom. The highest BCUT2D eigenvalue weighted by atomic mass is 14.9.